The molecule has 0 amide bonds. The smallest absolute Gasteiger partial charge is 0.494 e. The molecule has 0 spiro atoms. The van der Waals surface area contributed by atoms with Crippen molar-refractivity contribution in [2.45, 2.75) is 25.0 Å². The number of ether oxygens (including phenoxy) is 3. The molecule has 1 heterocycles. The first kappa shape index (κ1) is 20.8. The van der Waals surface area contributed by atoms with Crippen molar-refractivity contribution in [3.63, 3.8) is 0 Å². The van der Waals surface area contributed by atoms with Crippen molar-refractivity contribution in [1.29, 1.82) is 0 Å². The van der Waals surface area contributed by atoms with Crippen LogP contribution in [0.15, 0.2) is 53.5 Å². The standard InChI is InChI=1S/C19H15F6NO3/c20-18(21,22)16-4-2-1-3-15(16)17-26-12(11-28-17)9-10-27-13-5-7-14(8-6-13)29-19(23,24)25/h1-8,12H,9-11H2. The monoisotopic (exact) mass is 419 g/mol. The maximum atomic E-state index is 13.1. The van der Waals surface area contributed by atoms with Crippen molar-refractivity contribution in [3.8, 4) is 11.5 Å². The van der Waals surface area contributed by atoms with Crippen molar-refractivity contribution in [1.82, 2.24) is 0 Å². The molecule has 0 saturated carbocycles. The van der Waals surface area contributed by atoms with E-state index in [1.807, 2.05) is 0 Å². The zero-order valence-electron chi connectivity index (χ0n) is 14.8. The number of nitrogens with zero attached hydrogens (tertiary/aromatic N) is 1. The Balaban J connectivity index is 1.55. The minimum Gasteiger partial charge on any atom is -0.494 e. The predicted molar refractivity (Wildman–Crippen MR) is 91.0 cm³/mol. The Morgan fingerprint density at radius 2 is 1.59 bits per heavy atom. The first-order valence-electron chi connectivity index (χ1n) is 8.47. The van der Waals surface area contributed by atoms with Gasteiger partial charge in [-0.1, -0.05) is 12.1 Å². The maximum absolute atomic E-state index is 13.1. The van der Waals surface area contributed by atoms with Gasteiger partial charge in [-0.2, -0.15) is 13.2 Å². The number of alkyl halides is 6. The Labute approximate surface area is 161 Å². The highest BCUT2D eigenvalue weighted by atomic mass is 19.4. The summed E-state index contributed by atoms with van der Waals surface area (Å²) in [5.74, 6) is -0.117. The molecular weight excluding hydrogens is 404 g/mol. The van der Waals surface area contributed by atoms with Crippen molar-refractivity contribution >= 4 is 5.90 Å². The third-order valence-electron chi connectivity index (χ3n) is 3.95. The van der Waals surface area contributed by atoms with Crippen LogP contribution in [-0.4, -0.2) is 31.5 Å². The van der Waals surface area contributed by atoms with Gasteiger partial charge in [0.2, 0.25) is 5.90 Å². The fourth-order valence-electron chi connectivity index (χ4n) is 2.68. The molecule has 0 radical (unpaired) electrons. The highest BCUT2D eigenvalue weighted by Crippen LogP contribution is 2.33. The maximum Gasteiger partial charge on any atom is 0.573 e. The zero-order valence-corrected chi connectivity index (χ0v) is 14.8. The van der Waals surface area contributed by atoms with E-state index in [0.29, 0.717) is 12.2 Å². The Hall–Kier alpha value is -2.91. The largest absolute Gasteiger partial charge is 0.573 e. The molecule has 29 heavy (non-hydrogen) atoms. The van der Waals surface area contributed by atoms with E-state index in [9.17, 15) is 26.3 Å². The van der Waals surface area contributed by atoms with E-state index in [1.54, 1.807) is 0 Å². The van der Waals surface area contributed by atoms with Crippen LogP contribution in [0.25, 0.3) is 0 Å². The van der Waals surface area contributed by atoms with Gasteiger partial charge in [-0.25, -0.2) is 4.99 Å². The Morgan fingerprint density at radius 3 is 2.24 bits per heavy atom. The number of hydrogen-bond donors (Lipinski definition) is 0. The fraction of sp³-hybridized carbons (Fsp3) is 0.316. The van der Waals surface area contributed by atoms with Crippen LogP contribution in [0, 0.1) is 0 Å². The molecule has 1 unspecified atom stereocenters. The first-order valence-corrected chi connectivity index (χ1v) is 8.47. The van der Waals surface area contributed by atoms with E-state index in [2.05, 4.69) is 9.73 Å². The predicted octanol–water partition coefficient (Wildman–Crippen LogP) is 5.22. The lowest BCUT2D eigenvalue weighted by atomic mass is 10.1. The van der Waals surface area contributed by atoms with E-state index in [0.717, 1.165) is 18.2 Å². The molecule has 1 atom stereocenters. The van der Waals surface area contributed by atoms with Gasteiger partial charge in [-0.3, -0.25) is 0 Å². The summed E-state index contributed by atoms with van der Waals surface area (Å²) in [6, 6.07) is 9.50. The normalized spacial score (nSPS) is 16.9. The topological polar surface area (TPSA) is 40.0 Å². The molecule has 2 aromatic rings. The molecule has 0 aromatic heterocycles. The van der Waals surface area contributed by atoms with Crippen molar-refractivity contribution in [3.05, 3.63) is 59.7 Å². The highest BCUT2D eigenvalue weighted by molar-refractivity contribution is 5.96. The SMILES string of the molecule is FC(F)(F)Oc1ccc(OCCC2COC(c3ccccc3C(F)(F)F)=N2)cc1. The first-order chi connectivity index (χ1) is 13.6. The summed E-state index contributed by atoms with van der Waals surface area (Å²) in [6.45, 7) is 0.272. The van der Waals surface area contributed by atoms with Crippen LogP contribution in [0.1, 0.15) is 17.5 Å². The molecule has 4 nitrogen and oxygen atoms in total. The molecule has 2 aromatic carbocycles. The number of benzene rings is 2. The van der Waals surface area contributed by atoms with Gasteiger partial charge < -0.3 is 14.2 Å². The van der Waals surface area contributed by atoms with Gasteiger partial charge in [-0.15, -0.1) is 13.2 Å². The minimum atomic E-state index is -4.77. The van der Waals surface area contributed by atoms with E-state index in [4.69, 9.17) is 9.47 Å². The van der Waals surface area contributed by atoms with Gasteiger partial charge in [0.25, 0.3) is 0 Å². The van der Waals surface area contributed by atoms with Gasteiger partial charge in [0.05, 0.1) is 18.2 Å². The zero-order chi connectivity index (χ0) is 21.1. The van der Waals surface area contributed by atoms with Crippen molar-refractivity contribution in [2.75, 3.05) is 13.2 Å². The number of halogens is 6. The van der Waals surface area contributed by atoms with Crippen LogP contribution in [0.4, 0.5) is 26.3 Å². The second kappa shape index (κ2) is 8.22. The Kier molecular flexibility index (Phi) is 5.90. The van der Waals surface area contributed by atoms with Gasteiger partial charge >= 0.3 is 12.5 Å². The molecule has 0 N–H and O–H groups in total. The summed E-state index contributed by atoms with van der Waals surface area (Å²) < 4.78 is 90.2. The van der Waals surface area contributed by atoms with E-state index < -0.39 is 18.1 Å². The molecule has 3 rings (SSSR count). The molecule has 0 fully saturated rings. The number of rotatable bonds is 6. The van der Waals surface area contributed by atoms with Gasteiger partial charge in [-0.05, 0) is 36.4 Å². The lowest BCUT2D eigenvalue weighted by molar-refractivity contribution is -0.274. The summed E-state index contributed by atoms with van der Waals surface area (Å²) >= 11 is 0. The molecule has 1 aliphatic rings. The van der Waals surface area contributed by atoms with Crippen LogP contribution < -0.4 is 9.47 Å². The third kappa shape index (κ3) is 5.78. The highest BCUT2D eigenvalue weighted by Gasteiger charge is 2.36. The quantitative estimate of drug-likeness (QED) is 0.603. The molecule has 0 aliphatic carbocycles. The summed E-state index contributed by atoms with van der Waals surface area (Å²) in [4.78, 5) is 4.19. The van der Waals surface area contributed by atoms with Gasteiger partial charge in [0.15, 0.2) is 0 Å². The van der Waals surface area contributed by atoms with Gasteiger partial charge in [0.1, 0.15) is 18.1 Å². The average molecular weight is 419 g/mol. The Bertz CT molecular complexity index is 861. The number of hydrogen-bond acceptors (Lipinski definition) is 4. The van der Waals surface area contributed by atoms with Crippen molar-refractivity contribution in [2.24, 2.45) is 4.99 Å². The van der Waals surface area contributed by atoms with Gasteiger partial charge in [0, 0.05) is 12.0 Å². The summed E-state index contributed by atoms with van der Waals surface area (Å²) in [7, 11) is 0. The second-order valence-corrected chi connectivity index (χ2v) is 6.10. The van der Waals surface area contributed by atoms with E-state index in [-0.39, 0.29) is 36.5 Å². The summed E-state index contributed by atoms with van der Waals surface area (Å²) in [5, 5.41) is 0. The number of aliphatic imine (C=N–C) groups is 1. The van der Waals surface area contributed by atoms with Crippen LogP contribution >= 0.6 is 0 Å². The average Bonchev–Trinajstić information content (AvgIpc) is 3.10. The lowest BCUT2D eigenvalue weighted by Crippen LogP contribution is -2.17. The lowest BCUT2D eigenvalue weighted by Gasteiger charge is -2.11. The van der Waals surface area contributed by atoms with Crippen LogP contribution in [0.2, 0.25) is 0 Å². The second-order valence-electron chi connectivity index (χ2n) is 6.10. The molecular formula is C19H15F6NO3. The molecule has 156 valence electrons. The van der Waals surface area contributed by atoms with E-state index >= 15 is 0 Å². The molecule has 1 aliphatic heterocycles. The van der Waals surface area contributed by atoms with Crippen LogP contribution in [0.5, 0.6) is 11.5 Å². The van der Waals surface area contributed by atoms with Crippen LogP contribution in [-0.2, 0) is 10.9 Å². The van der Waals surface area contributed by atoms with Crippen LogP contribution in [0.3, 0.4) is 0 Å². The Morgan fingerprint density at radius 1 is 0.931 bits per heavy atom. The molecule has 0 bridgehead atoms. The third-order valence-corrected chi connectivity index (χ3v) is 3.95. The molecule has 10 heteroatoms. The fourth-order valence-corrected chi connectivity index (χ4v) is 2.68. The van der Waals surface area contributed by atoms with Crippen molar-refractivity contribution < 1.29 is 40.6 Å². The minimum absolute atomic E-state index is 0.0726. The van der Waals surface area contributed by atoms with E-state index in [1.165, 1.54) is 30.3 Å². The summed E-state index contributed by atoms with van der Waals surface area (Å²) in [6.07, 6.45) is -8.94. The molecule has 0 saturated heterocycles. The summed E-state index contributed by atoms with van der Waals surface area (Å²) in [5.41, 5.74) is -0.944.